The number of hydrogen-bond acceptors (Lipinski definition) is 4. The Morgan fingerprint density at radius 2 is 2.25 bits per heavy atom. The first-order valence-corrected chi connectivity index (χ1v) is 6.37. The molecule has 0 spiro atoms. The molecule has 0 amide bonds. The second-order valence-corrected chi connectivity index (χ2v) is 4.94. The summed E-state index contributed by atoms with van der Waals surface area (Å²) in [6, 6.07) is 2.88. The zero-order valence-electron chi connectivity index (χ0n) is 12.1. The molecule has 2 aromatic rings. The van der Waals surface area contributed by atoms with E-state index >= 15 is 0 Å². The number of hydrogen-bond donors (Lipinski definition) is 1. The van der Waals surface area contributed by atoms with E-state index in [0.29, 0.717) is 6.54 Å². The summed E-state index contributed by atoms with van der Waals surface area (Å²) < 4.78 is 6.99. The first-order chi connectivity index (χ1) is 9.41. The topological polar surface area (TPSA) is 71.5 Å². The van der Waals surface area contributed by atoms with Crippen LogP contribution in [-0.4, -0.2) is 32.8 Å². The van der Waals surface area contributed by atoms with E-state index < -0.39 is 12.0 Å². The summed E-state index contributed by atoms with van der Waals surface area (Å²) in [5, 5.41) is 13.9. The quantitative estimate of drug-likeness (QED) is 0.903. The number of rotatable bonds is 5. The number of carboxylic acid groups (broad SMARTS) is 1. The fraction of sp³-hybridized carbons (Fsp3) is 0.429. The maximum absolute atomic E-state index is 11.7. The second-order valence-electron chi connectivity index (χ2n) is 4.94. The second kappa shape index (κ2) is 5.50. The lowest BCUT2D eigenvalue weighted by Crippen LogP contribution is -2.31. The molecular weight excluding hydrogens is 258 g/mol. The van der Waals surface area contributed by atoms with Gasteiger partial charge in [-0.25, -0.2) is 0 Å². The smallest absolute Gasteiger partial charge is 0.325 e. The molecule has 0 aliphatic carbocycles. The fourth-order valence-corrected chi connectivity index (χ4v) is 2.46. The van der Waals surface area contributed by atoms with E-state index in [4.69, 9.17) is 4.42 Å². The minimum absolute atomic E-state index is 0.428. The molecule has 6 heteroatoms. The Morgan fingerprint density at radius 1 is 1.55 bits per heavy atom. The lowest BCUT2D eigenvalue weighted by molar-refractivity contribution is -0.143. The standard InChI is InChI=1S/C14H19N3O3/c1-9-12(10(2)17(4)15-9)13(14(18)19)16(3)8-11-6-5-7-20-11/h5-7,13H,8H2,1-4H3,(H,18,19). The van der Waals surface area contributed by atoms with E-state index in [1.54, 1.807) is 29.0 Å². The third kappa shape index (κ3) is 2.60. The van der Waals surface area contributed by atoms with Gasteiger partial charge in [0.25, 0.3) is 0 Å². The number of likely N-dealkylation sites (N-methyl/N-ethyl adjacent to an activating group) is 1. The number of aromatic nitrogens is 2. The predicted octanol–water partition coefficient (Wildman–Crippen LogP) is 1.89. The molecule has 0 saturated heterocycles. The molecular formula is C14H19N3O3. The largest absolute Gasteiger partial charge is 0.480 e. The molecule has 0 bridgehead atoms. The summed E-state index contributed by atoms with van der Waals surface area (Å²) in [5.41, 5.74) is 2.35. The SMILES string of the molecule is Cc1nn(C)c(C)c1C(C(=O)O)N(C)Cc1ccco1. The molecule has 0 aliphatic rings. The van der Waals surface area contributed by atoms with Crippen molar-refractivity contribution in [1.29, 1.82) is 0 Å². The van der Waals surface area contributed by atoms with Gasteiger partial charge < -0.3 is 9.52 Å². The van der Waals surface area contributed by atoms with Gasteiger partial charge in [-0.15, -0.1) is 0 Å². The van der Waals surface area contributed by atoms with Gasteiger partial charge in [-0.3, -0.25) is 14.4 Å². The summed E-state index contributed by atoms with van der Waals surface area (Å²) in [4.78, 5) is 13.4. The van der Waals surface area contributed by atoms with Crippen molar-refractivity contribution in [3.63, 3.8) is 0 Å². The highest BCUT2D eigenvalue weighted by Gasteiger charge is 2.30. The van der Waals surface area contributed by atoms with Crippen molar-refractivity contribution in [1.82, 2.24) is 14.7 Å². The van der Waals surface area contributed by atoms with E-state index in [-0.39, 0.29) is 0 Å². The molecule has 6 nitrogen and oxygen atoms in total. The van der Waals surface area contributed by atoms with Gasteiger partial charge in [-0.05, 0) is 33.0 Å². The van der Waals surface area contributed by atoms with Gasteiger partial charge in [0.2, 0.25) is 0 Å². The van der Waals surface area contributed by atoms with Gasteiger partial charge in [0.05, 0.1) is 18.5 Å². The molecule has 1 N–H and O–H groups in total. The van der Waals surface area contributed by atoms with Crippen molar-refractivity contribution >= 4 is 5.97 Å². The molecule has 108 valence electrons. The van der Waals surface area contributed by atoms with Crippen LogP contribution in [0.2, 0.25) is 0 Å². The van der Waals surface area contributed by atoms with Crippen LogP contribution in [-0.2, 0) is 18.4 Å². The monoisotopic (exact) mass is 277 g/mol. The van der Waals surface area contributed by atoms with E-state index in [0.717, 1.165) is 22.7 Å². The zero-order valence-corrected chi connectivity index (χ0v) is 12.1. The van der Waals surface area contributed by atoms with Crippen LogP contribution in [0.5, 0.6) is 0 Å². The van der Waals surface area contributed by atoms with Crippen LogP contribution in [0.15, 0.2) is 22.8 Å². The van der Waals surface area contributed by atoms with Crippen molar-refractivity contribution in [2.45, 2.75) is 26.4 Å². The third-order valence-corrected chi connectivity index (χ3v) is 3.50. The Morgan fingerprint density at radius 3 is 2.70 bits per heavy atom. The van der Waals surface area contributed by atoms with Crippen molar-refractivity contribution in [3.8, 4) is 0 Å². The fourth-order valence-electron chi connectivity index (χ4n) is 2.46. The predicted molar refractivity (Wildman–Crippen MR) is 73.2 cm³/mol. The summed E-state index contributed by atoms with van der Waals surface area (Å²) in [6.45, 7) is 4.14. The van der Waals surface area contributed by atoms with Crippen molar-refractivity contribution in [3.05, 3.63) is 41.1 Å². The zero-order chi connectivity index (χ0) is 14.9. The Hall–Kier alpha value is -2.08. The molecule has 1 atom stereocenters. The summed E-state index contributed by atoms with van der Waals surface area (Å²) in [5.74, 6) is -0.156. The van der Waals surface area contributed by atoms with Crippen molar-refractivity contribution < 1.29 is 14.3 Å². The van der Waals surface area contributed by atoms with Gasteiger partial charge >= 0.3 is 5.97 Å². The van der Waals surface area contributed by atoms with Gasteiger partial charge in [0.15, 0.2) is 0 Å². The number of aryl methyl sites for hydroxylation is 2. The van der Waals surface area contributed by atoms with Crippen molar-refractivity contribution in [2.24, 2.45) is 7.05 Å². The Bertz CT molecular complexity index is 601. The van der Waals surface area contributed by atoms with Crippen molar-refractivity contribution in [2.75, 3.05) is 7.05 Å². The number of carboxylic acids is 1. The van der Waals surface area contributed by atoms with Crippen LogP contribution < -0.4 is 0 Å². The van der Waals surface area contributed by atoms with E-state index in [2.05, 4.69) is 5.10 Å². The third-order valence-electron chi connectivity index (χ3n) is 3.50. The first kappa shape index (κ1) is 14.3. The Labute approximate surface area is 117 Å². The maximum atomic E-state index is 11.7. The molecule has 0 aromatic carbocycles. The molecule has 2 heterocycles. The van der Waals surface area contributed by atoms with Gasteiger partial charge in [-0.1, -0.05) is 0 Å². The molecule has 0 fully saturated rings. The minimum Gasteiger partial charge on any atom is -0.480 e. The number of furan rings is 1. The van der Waals surface area contributed by atoms with Crippen LogP contribution >= 0.6 is 0 Å². The molecule has 0 radical (unpaired) electrons. The number of nitrogens with zero attached hydrogens (tertiary/aromatic N) is 3. The summed E-state index contributed by atoms with van der Waals surface area (Å²) >= 11 is 0. The lowest BCUT2D eigenvalue weighted by atomic mass is 10.0. The van der Waals surface area contributed by atoms with E-state index in [1.807, 2.05) is 27.0 Å². The molecule has 2 aromatic heterocycles. The maximum Gasteiger partial charge on any atom is 0.325 e. The molecule has 2 rings (SSSR count). The number of aliphatic carboxylic acids is 1. The minimum atomic E-state index is -0.891. The Kier molecular flexibility index (Phi) is 3.94. The molecule has 1 unspecified atom stereocenters. The average molecular weight is 277 g/mol. The van der Waals surface area contributed by atoms with Gasteiger partial charge in [0.1, 0.15) is 11.8 Å². The van der Waals surface area contributed by atoms with Gasteiger partial charge in [0, 0.05) is 18.3 Å². The highest BCUT2D eigenvalue weighted by Crippen LogP contribution is 2.27. The first-order valence-electron chi connectivity index (χ1n) is 6.37. The normalized spacial score (nSPS) is 12.8. The average Bonchev–Trinajstić information content (AvgIpc) is 2.93. The summed E-state index contributed by atoms with van der Waals surface area (Å²) in [6.07, 6.45) is 1.58. The van der Waals surface area contributed by atoms with E-state index in [1.165, 1.54) is 0 Å². The van der Waals surface area contributed by atoms with E-state index in [9.17, 15) is 9.90 Å². The lowest BCUT2D eigenvalue weighted by Gasteiger charge is -2.24. The Balaban J connectivity index is 2.33. The number of carbonyl (C=O) groups is 1. The van der Waals surface area contributed by atoms with Crippen LogP contribution in [0.3, 0.4) is 0 Å². The highest BCUT2D eigenvalue weighted by molar-refractivity contribution is 5.76. The molecule has 20 heavy (non-hydrogen) atoms. The summed E-state index contributed by atoms with van der Waals surface area (Å²) in [7, 11) is 3.59. The van der Waals surface area contributed by atoms with Gasteiger partial charge in [-0.2, -0.15) is 5.10 Å². The highest BCUT2D eigenvalue weighted by atomic mass is 16.4. The van der Waals surface area contributed by atoms with Crippen LogP contribution in [0.25, 0.3) is 0 Å². The van der Waals surface area contributed by atoms with Crippen LogP contribution in [0.1, 0.15) is 28.8 Å². The van der Waals surface area contributed by atoms with Crippen LogP contribution in [0, 0.1) is 13.8 Å². The van der Waals surface area contributed by atoms with Crippen LogP contribution in [0.4, 0.5) is 0 Å². The molecule has 0 saturated carbocycles. The molecule has 0 aliphatic heterocycles.